The molecule has 0 radical (unpaired) electrons. The van der Waals surface area contributed by atoms with Gasteiger partial charge in [0.15, 0.2) is 0 Å². The highest BCUT2D eigenvalue weighted by Gasteiger charge is 2.34. The van der Waals surface area contributed by atoms with E-state index in [4.69, 9.17) is 5.11 Å². The van der Waals surface area contributed by atoms with Crippen LogP contribution in [0.15, 0.2) is 0 Å². The largest absolute Gasteiger partial charge is 0.479 e. The lowest BCUT2D eigenvalue weighted by Crippen LogP contribution is -2.30. The van der Waals surface area contributed by atoms with Gasteiger partial charge in [-0.15, -0.1) is 0 Å². The summed E-state index contributed by atoms with van der Waals surface area (Å²) in [5, 5.41) is 8.39. The molecule has 1 N–H and O–H groups in total. The van der Waals surface area contributed by atoms with Gasteiger partial charge in [-0.2, -0.15) is 0 Å². The number of nitrogens with zero attached hydrogens (tertiary/aromatic N) is 1. The quantitative estimate of drug-likeness (QED) is 0.678. The zero-order chi connectivity index (χ0) is 10.0. The standard InChI is InChI=1S/C8H12FNO3/c1-5(11)10-3-2-6(4-10)7(9)8(12)13/h6-7H,2-4H2,1H3,(H,12,13). The minimum Gasteiger partial charge on any atom is -0.479 e. The summed E-state index contributed by atoms with van der Waals surface area (Å²) in [5.41, 5.74) is 0. The number of aliphatic carboxylic acids is 1. The van der Waals surface area contributed by atoms with E-state index in [9.17, 15) is 14.0 Å². The number of carbonyl (C=O) groups is 2. The molecule has 1 aliphatic heterocycles. The van der Waals surface area contributed by atoms with E-state index in [1.165, 1.54) is 11.8 Å². The Kier molecular flexibility index (Phi) is 2.85. The van der Waals surface area contributed by atoms with E-state index in [2.05, 4.69) is 0 Å². The number of alkyl halides is 1. The number of amides is 1. The van der Waals surface area contributed by atoms with Crippen molar-refractivity contribution in [2.45, 2.75) is 19.5 Å². The van der Waals surface area contributed by atoms with Crippen molar-refractivity contribution in [1.29, 1.82) is 0 Å². The zero-order valence-corrected chi connectivity index (χ0v) is 7.36. The van der Waals surface area contributed by atoms with Crippen molar-refractivity contribution < 1.29 is 19.1 Å². The summed E-state index contributed by atoms with van der Waals surface area (Å²) in [6, 6.07) is 0. The minimum absolute atomic E-state index is 0.125. The maximum absolute atomic E-state index is 12.9. The lowest BCUT2D eigenvalue weighted by atomic mass is 10.0. The van der Waals surface area contributed by atoms with Crippen LogP contribution >= 0.6 is 0 Å². The van der Waals surface area contributed by atoms with Crippen molar-refractivity contribution in [1.82, 2.24) is 4.90 Å². The molecule has 0 aliphatic carbocycles. The van der Waals surface area contributed by atoms with Crippen molar-refractivity contribution in [3.8, 4) is 0 Å². The van der Waals surface area contributed by atoms with Gasteiger partial charge < -0.3 is 10.0 Å². The summed E-state index contributed by atoms with van der Waals surface area (Å²) in [4.78, 5) is 22.6. The van der Waals surface area contributed by atoms with E-state index in [0.717, 1.165) is 0 Å². The van der Waals surface area contributed by atoms with Crippen molar-refractivity contribution in [3.63, 3.8) is 0 Å². The van der Waals surface area contributed by atoms with Gasteiger partial charge in [0.05, 0.1) is 0 Å². The van der Waals surface area contributed by atoms with Gasteiger partial charge in [0.25, 0.3) is 0 Å². The SMILES string of the molecule is CC(=O)N1CCC(C(F)C(=O)O)C1. The van der Waals surface area contributed by atoms with E-state index in [1.54, 1.807) is 0 Å². The molecule has 0 aromatic rings. The fraction of sp³-hybridized carbons (Fsp3) is 0.750. The van der Waals surface area contributed by atoms with Crippen LogP contribution in [0.2, 0.25) is 0 Å². The predicted molar refractivity (Wildman–Crippen MR) is 42.9 cm³/mol. The number of carboxylic acids is 1. The molecule has 0 saturated carbocycles. The van der Waals surface area contributed by atoms with E-state index in [0.29, 0.717) is 13.0 Å². The summed E-state index contributed by atoms with van der Waals surface area (Å²) in [7, 11) is 0. The van der Waals surface area contributed by atoms with Crippen LogP contribution in [0.3, 0.4) is 0 Å². The number of hydrogen-bond acceptors (Lipinski definition) is 2. The first-order valence-electron chi connectivity index (χ1n) is 4.14. The van der Waals surface area contributed by atoms with Crippen LogP contribution in [0.5, 0.6) is 0 Å². The molecule has 2 atom stereocenters. The summed E-state index contributed by atoms with van der Waals surface area (Å²) < 4.78 is 12.9. The molecule has 0 aromatic carbocycles. The Morgan fingerprint density at radius 1 is 1.62 bits per heavy atom. The van der Waals surface area contributed by atoms with Crippen LogP contribution < -0.4 is 0 Å². The maximum atomic E-state index is 12.9. The first kappa shape index (κ1) is 9.95. The number of halogens is 1. The smallest absolute Gasteiger partial charge is 0.338 e. The van der Waals surface area contributed by atoms with E-state index in [1.807, 2.05) is 0 Å². The molecule has 1 heterocycles. The first-order chi connectivity index (χ1) is 6.02. The third kappa shape index (κ3) is 2.17. The van der Waals surface area contributed by atoms with Gasteiger partial charge in [-0.25, -0.2) is 9.18 Å². The van der Waals surface area contributed by atoms with E-state index in [-0.39, 0.29) is 12.5 Å². The number of hydrogen-bond donors (Lipinski definition) is 1. The lowest BCUT2D eigenvalue weighted by Gasteiger charge is -2.14. The Morgan fingerprint density at radius 2 is 2.23 bits per heavy atom. The van der Waals surface area contributed by atoms with Crippen LogP contribution in [0.1, 0.15) is 13.3 Å². The Balaban J connectivity index is 2.49. The second kappa shape index (κ2) is 3.72. The summed E-state index contributed by atoms with van der Waals surface area (Å²) >= 11 is 0. The fourth-order valence-electron chi connectivity index (χ4n) is 1.51. The van der Waals surface area contributed by atoms with Gasteiger partial charge in [0.1, 0.15) is 0 Å². The molecule has 1 rings (SSSR count). The van der Waals surface area contributed by atoms with Gasteiger partial charge in [-0.1, -0.05) is 0 Å². The van der Waals surface area contributed by atoms with Crippen LogP contribution in [-0.4, -0.2) is 41.1 Å². The third-order valence-corrected chi connectivity index (χ3v) is 2.32. The molecule has 0 bridgehead atoms. The predicted octanol–water partition coefficient (Wildman–Crippen LogP) is 0.278. The number of rotatable bonds is 2. The average Bonchev–Trinajstić information content (AvgIpc) is 2.50. The highest BCUT2D eigenvalue weighted by molar-refractivity contribution is 5.75. The van der Waals surface area contributed by atoms with Crippen LogP contribution in [-0.2, 0) is 9.59 Å². The lowest BCUT2D eigenvalue weighted by molar-refractivity contribution is -0.145. The number of carboxylic acid groups (broad SMARTS) is 1. The maximum Gasteiger partial charge on any atom is 0.338 e. The third-order valence-electron chi connectivity index (χ3n) is 2.32. The van der Waals surface area contributed by atoms with E-state index < -0.39 is 18.1 Å². The van der Waals surface area contributed by atoms with E-state index >= 15 is 0 Å². The molecule has 0 spiro atoms. The second-order valence-corrected chi connectivity index (χ2v) is 3.25. The Hall–Kier alpha value is -1.13. The monoisotopic (exact) mass is 189 g/mol. The average molecular weight is 189 g/mol. The molecular formula is C8H12FNO3. The molecule has 1 amide bonds. The second-order valence-electron chi connectivity index (χ2n) is 3.25. The Morgan fingerprint density at radius 3 is 2.62 bits per heavy atom. The highest BCUT2D eigenvalue weighted by atomic mass is 19.1. The van der Waals surface area contributed by atoms with Gasteiger partial charge in [-0.3, -0.25) is 4.79 Å². The van der Waals surface area contributed by atoms with Crippen LogP contribution in [0.4, 0.5) is 4.39 Å². The van der Waals surface area contributed by atoms with Gasteiger partial charge in [-0.05, 0) is 6.42 Å². The molecule has 4 nitrogen and oxygen atoms in total. The first-order valence-corrected chi connectivity index (χ1v) is 4.14. The Labute approximate surface area is 75.3 Å². The molecule has 13 heavy (non-hydrogen) atoms. The normalized spacial score (nSPS) is 24.5. The van der Waals surface area contributed by atoms with Gasteiger partial charge >= 0.3 is 5.97 Å². The zero-order valence-electron chi connectivity index (χ0n) is 7.36. The summed E-state index contributed by atoms with van der Waals surface area (Å²) in [6.45, 7) is 2.09. The molecule has 1 aliphatic rings. The molecule has 1 saturated heterocycles. The van der Waals surface area contributed by atoms with Crippen LogP contribution in [0, 0.1) is 5.92 Å². The van der Waals surface area contributed by atoms with Crippen LogP contribution in [0.25, 0.3) is 0 Å². The molecular weight excluding hydrogens is 177 g/mol. The highest BCUT2D eigenvalue weighted by Crippen LogP contribution is 2.21. The number of carbonyl (C=O) groups excluding carboxylic acids is 1. The molecule has 2 unspecified atom stereocenters. The minimum atomic E-state index is -1.84. The van der Waals surface area contributed by atoms with Gasteiger partial charge in [0.2, 0.25) is 12.1 Å². The van der Waals surface area contributed by atoms with Crippen molar-refractivity contribution in [3.05, 3.63) is 0 Å². The van der Waals surface area contributed by atoms with Crippen molar-refractivity contribution in [2.75, 3.05) is 13.1 Å². The molecule has 1 fully saturated rings. The molecule has 5 heteroatoms. The summed E-state index contributed by atoms with van der Waals surface area (Å²) in [5.74, 6) is -2.10. The fourth-order valence-corrected chi connectivity index (χ4v) is 1.51. The number of likely N-dealkylation sites (tertiary alicyclic amines) is 1. The molecule has 74 valence electrons. The summed E-state index contributed by atoms with van der Waals surface area (Å²) in [6.07, 6.45) is -1.41. The topological polar surface area (TPSA) is 57.6 Å². The van der Waals surface area contributed by atoms with Crippen molar-refractivity contribution >= 4 is 11.9 Å². The Bertz CT molecular complexity index is 231. The molecule has 0 aromatic heterocycles. The van der Waals surface area contributed by atoms with Crippen molar-refractivity contribution in [2.24, 2.45) is 5.92 Å². The van der Waals surface area contributed by atoms with Gasteiger partial charge in [0, 0.05) is 25.9 Å².